The average molecular weight is 419 g/mol. The summed E-state index contributed by atoms with van der Waals surface area (Å²) in [6.45, 7) is 4.39. The van der Waals surface area contributed by atoms with E-state index in [0.717, 1.165) is 54.6 Å². The van der Waals surface area contributed by atoms with E-state index in [-0.39, 0.29) is 6.04 Å². The first kappa shape index (κ1) is 21.2. The Balaban J connectivity index is 1.67. The number of nitrogens with one attached hydrogen (secondary N) is 1. The van der Waals surface area contributed by atoms with Crippen molar-refractivity contribution in [1.29, 1.82) is 0 Å². The van der Waals surface area contributed by atoms with E-state index in [1.807, 2.05) is 36.4 Å². The molecule has 1 unspecified atom stereocenters. The minimum atomic E-state index is 0.0485. The van der Waals surface area contributed by atoms with Crippen LogP contribution in [0.3, 0.4) is 0 Å². The van der Waals surface area contributed by atoms with Crippen molar-refractivity contribution in [3.05, 3.63) is 89.5 Å². The molecule has 0 bridgehead atoms. The van der Waals surface area contributed by atoms with Gasteiger partial charge in [-0.15, -0.1) is 0 Å². The molecular formula is C26H30N2O3. The Morgan fingerprint density at radius 3 is 2.39 bits per heavy atom. The summed E-state index contributed by atoms with van der Waals surface area (Å²) in [5.41, 5.74) is 3.43. The highest BCUT2D eigenvalue weighted by Gasteiger charge is 2.27. The number of methoxy groups -OCH3 is 2. The van der Waals surface area contributed by atoms with Crippen LogP contribution in [-0.2, 0) is 6.61 Å². The molecule has 1 aliphatic heterocycles. The van der Waals surface area contributed by atoms with Gasteiger partial charge in [-0.3, -0.25) is 4.90 Å². The van der Waals surface area contributed by atoms with E-state index in [1.165, 1.54) is 5.56 Å². The molecule has 1 fully saturated rings. The highest BCUT2D eigenvalue weighted by molar-refractivity contribution is 5.47. The lowest BCUT2D eigenvalue weighted by atomic mass is 9.95. The SMILES string of the molecule is COc1ccc(OC)c(C(c2cccc(OCc3ccccc3)c2)N2CCNCC2)c1. The van der Waals surface area contributed by atoms with Crippen LogP contribution in [0.4, 0.5) is 0 Å². The molecule has 5 nitrogen and oxygen atoms in total. The summed E-state index contributed by atoms with van der Waals surface area (Å²) in [4.78, 5) is 2.49. The monoisotopic (exact) mass is 418 g/mol. The fourth-order valence-electron chi connectivity index (χ4n) is 4.10. The second-order valence-electron chi connectivity index (χ2n) is 7.64. The molecule has 3 aromatic carbocycles. The van der Waals surface area contributed by atoms with Gasteiger partial charge < -0.3 is 19.5 Å². The predicted octanol–water partition coefficient (Wildman–Crippen LogP) is 4.28. The van der Waals surface area contributed by atoms with Gasteiger partial charge in [-0.1, -0.05) is 42.5 Å². The molecule has 1 saturated heterocycles. The molecule has 0 spiro atoms. The maximum absolute atomic E-state index is 6.12. The third-order valence-electron chi connectivity index (χ3n) is 5.67. The van der Waals surface area contributed by atoms with Gasteiger partial charge >= 0.3 is 0 Å². The molecule has 1 N–H and O–H groups in total. The van der Waals surface area contributed by atoms with Crippen LogP contribution >= 0.6 is 0 Å². The second-order valence-corrected chi connectivity index (χ2v) is 7.64. The molecule has 1 aliphatic rings. The number of piperazine rings is 1. The summed E-state index contributed by atoms with van der Waals surface area (Å²) >= 11 is 0. The molecule has 31 heavy (non-hydrogen) atoms. The van der Waals surface area contributed by atoms with Crippen LogP contribution in [0.1, 0.15) is 22.7 Å². The minimum Gasteiger partial charge on any atom is -0.497 e. The summed E-state index contributed by atoms with van der Waals surface area (Å²) in [5.74, 6) is 2.55. The quantitative estimate of drug-likeness (QED) is 0.592. The maximum atomic E-state index is 6.12. The fraction of sp³-hybridized carbons (Fsp3) is 0.308. The van der Waals surface area contributed by atoms with E-state index < -0.39 is 0 Å². The predicted molar refractivity (Wildman–Crippen MR) is 123 cm³/mol. The fourth-order valence-corrected chi connectivity index (χ4v) is 4.10. The normalized spacial score (nSPS) is 15.3. The van der Waals surface area contributed by atoms with Gasteiger partial charge in [0, 0.05) is 31.7 Å². The zero-order valence-corrected chi connectivity index (χ0v) is 18.2. The number of nitrogens with zero attached hydrogens (tertiary/aromatic N) is 1. The minimum absolute atomic E-state index is 0.0485. The van der Waals surface area contributed by atoms with Gasteiger partial charge in [0.15, 0.2) is 0 Å². The van der Waals surface area contributed by atoms with Crippen molar-refractivity contribution in [2.24, 2.45) is 0 Å². The molecule has 1 atom stereocenters. The smallest absolute Gasteiger partial charge is 0.124 e. The summed E-state index contributed by atoms with van der Waals surface area (Å²) in [6, 6.07) is 24.7. The summed E-state index contributed by atoms with van der Waals surface area (Å²) in [6.07, 6.45) is 0. The number of hydrogen-bond acceptors (Lipinski definition) is 5. The lowest BCUT2D eigenvalue weighted by molar-refractivity contribution is 0.194. The molecular weight excluding hydrogens is 388 g/mol. The van der Waals surface area contributed by atoms with Crippen LogP contribution in [0.25, 0.3) is 0 Å². The Labute approximate surface area is 184 Å². The summed E-state index contributed by atoms with van der Waals surface area (Å²) in [7, 11) is 3.42. The lowest BCUT2D eigenvalue weighted by Gasteiger charge is -2.36. The number of hydrogen-bond donors (Lipinski definition) is 1. The van der Waals surface area contributed by atoms with E-state index in [9.17, 15) is 0 Å². The van der Waals surface area contributed by atoms with Crippen LogP contribution in [0, 0.1) is 0 Å². The van der Waals surface area contributed by atoms with Crippen LogP contribution in [-0.4, -0.2) is 45.3 Å². The highest BCUT2D eigenvalue weighted by Crippen LogP contribution is 2.38. The topological polar surface area (TPSA) is 43.0 Å². The van der Waals surface area contributed by atoms with E-state index in [1.54, 1.807) is 14.2 Å². The Morgan fingerprint density at radius 1 is 0.839 bits per heavy atom. The molecule has 4 rings (SSSR count). The highest BCUT2D eigenvalue weighted by atomic mass is 16.5. The Hall–Kier alpha value is -3.02. The van der Waals surface area contributed by atoms with Crippen LogP contribution in [0.15, 0.2) is 72.8 Å². The van der Waals surface area contributed by atoms with E-state index >= 15 is 0 Å². The van der Waals surface area contributed by atoms with E-state index in [4.69, 9.17) is 14.2 Å². The van der Waals surface area contributed by atoms with Crippen LogP contribution in [0.5, 0.6) is 17.2 Å². The second kappa shape index (κ2) is 10.3. The molecule has 0 saturated carbocycles. The maximum Gasteiger partial charge on any atom is 0.124 e. The van der Waals surface area contributed by atoms with Crippen molar-refractivity contribution in [1.82, 2.24) is 10.2 Å². The molecule has 1 heterocycles. The third kappa shape index (κ3) is 5.19. The van der Waals surface area contributed by atoms with E-state index in [0.29, 0.717) is 6.61 Å². The number of ether oxygens (including phenoxy) is 3. The molecule has 162 valence electrons. The summed E-state index contributed by atoms with van der Waals surface area (Å²) in [5, 5.41) is 3.45. The Bertz CT molecular complexity index is 971. The summed E-state index contributed by atoms with van der Waals surface area (Å²) < 4.78 is 17.4. The molecule has 5 heteroatoms. The first-order valence-corrected chi connectivity index (χ1v) is 10.7. The average Bonchev–Trinajstić information content (AvgIpc) is 2.84. The first-order chi connectivity index (χ1) is 15.3. The Kier molecular flexibility index (Phi) is 7.07. The largest absolute Gasteiger partial charge is 0.497 e. The van der Waals surface area contributed by atoms with E-state index in [2.05, 4.69) is 46.6 Å². The van der Waals surface area contributed by atoms with Gasteiger partial charge in [-0.25, -0.2) is 0 Å². The van der Waals surface area contributed by atoms with Crippen molar-refractivity contribution < 1.29 is 14.2 Å². The third-order valence-corrected chi connectivity index (χ3v) is 5.67. The van der Waals surface area contributed by atoms with Crippen molar-refractivity contribution in [2.75, 3.05) is 40.4 Å². The van der Waals surface area contributed by atoms with Gasteiger partial charge in [-0.05, 0) is 41.5 Å². The van der Waals surface area contributed by atoms with Gasteiger partial charge in [-0.2, -0.15) is 0 Å². The molecule has 3 aromatic rings. The van der Waals surface area contributed by atoms with Crippen LogP contribution in [0.2, 0.25) is 0 Å². The zero-order valence-electron chi connectivity index (χ0n) is 18.2. The zero-order chi connectivity index (χ0) is 21.5. The number of benzene rings is 3. The lowest BCUT2D eigenvalue weighted by Crippen LogP contribution is -2.45. The van der Waals surface area contributed by atoms with Crippen molar-refractivity contribution in [2.45, 2.75) is 12.6 Å². The molecule has 0 aliphatic carbocycles. The Morgan fingerprint density at radius 2 is 1.65 bits per heavy atom. The van der Waals surface area contributed by atoms with Gasteiger partial charge in [0.05, 0.1) is 20.3 Å². The molecule has 0 aromatic heterocycles. The van der Waals surface area contributed by atoms with Crippen molar-refractivity contribution in [3.63, 3.8) is 0 Å². The van der Waals surface area contributed by atoms with Gasteiger partial charge in [0.1, 0.15) is 23.9 Å². The van der Waals surface area contributed by atoms with Crippen molar-refractivity contribution in [3.8, 4) is 17.2 Å². The van der Waals surface area contributed by atoms with Gasteiger partial charge in [0.2, 0.25) is 0 Å². The van der Waals surface area contributed by atoms with Gasteiger partial charge in [0.25, 0.3) is 0 Å². The van der Waals surface area contributed by atoms with Crippen LogP contribution < -0.4 is 19.5 Å². The molecule has 0 radical (unpaired) electrons. The molecule has 0 amide bonds. The number of rotatable bonds is 8. The van der Waals surface area contributed by atoms with Crippen molar-refractivity contribution >= 4 is 0 Å². The standard InChI is InChI=1S/C26H30N2O3/c1-29-22-11-12-25(30-2)24(18-22)26(28-15-13-27-14-16-28)21-9-6-10-23(17-21)31-19-20-7-4-3-5-8-20/h3-12,17-18,26-27H,13-16,19H2,1-2H3. The first-order valence-electron chi connectivity index (χ1n) is 10.7.